The Hall–Kier alpha value is -0.950. The Morgan fingerprint density at radius 2 is 1.75 bits per heavy atom. The molecule has 2 rings (SSSR count). The van der Waals surface area contributed by atoms with Gasteiger partial charge in [-0.25, -0.2) is 13.1 Å². The number of hydrogen-bond acceptors (Lipinski definition) is 4. The highest BCUT2D eigenvalue weighted by atomic mass is 32.2. The van der Waals surface area contributed by atoms with E-state index < -0.39 is 10.0 Å². The third-order valence-electron chi connectivity index (χ3n) is 4.76. The SMILES string of the molecule is Cc1ccc(S(=O)(=O)NCC(C)(C)N2CC(C)OC(C)C2)cc1C. The number of nitrogens with zero attached hydrogens (tertiary/aromatic N) is 1. The van der Waals surface area contributed by atoms with E-state index >= 15 is 0 Å². The van der Waals surface area contributed by atoms with Gasteiger partial charge < -0.3 is 4.74 Å². The molecule has 136 valence electrons. The molecule has 0 bridgehead atoms. The van der Waals surface area contributed by atoms with Crippen molar-refractivity contribution in [2.24, 2.45) is 0 Å². The predicted octanol–water partition coefficient (Wildman–Crippen LogP) is 2.47. The van der Waals surface area contributed by atoms with Gasteiger partial charge in [-0.2, -0.15) is 0 Å². The Kier molecular flexibility index (Phi) is 5.75. The third kappa shape index (κ3) is 4.57. The molecule has 5 nitrogen and oxygen atoms in total. The van der Waals surface area contributed by atoms with Crippen LogP contribution in [0.25, 0.3) is 0 Å². The minimum atomic E-state index is -3.51. The number of morpholine rings is 1. The Bertz CT molecular complexity index is 676. The van der Waals surface area contributed by atoms with E-state index in [1.807, 2.05) is 19.9 Å². The summed E-state index contributed by atoms with van der Waals surface area (Å²) in [7, 11) is -3.51. The highest BCUT2D eigenvalue weighted by molar-refractivity contribution is 7.89. The molecule has 1 aliphatic heterocycles. The molecular formula is C18H30N2O3S. The molecule has 0 radical (unpaired) electrons. The third-order valence-corrected chi connectivity index (χ3v) is 6.16. The maximum atomic E-state index is 12.6. The summed E-state index contributed by atoms with van der Waals surface area (Å²) in [5.41, 5.74) is 1.79. The second-order valence-corrected chi connectivity index (χ2v) is 9.31. The normalized spacial score (nSPS) is 23.4. The summed E-state index contributed by atoms with van der Waals surface area (Å²) in [5, 5.41) is 0. The van der Waals surface area contributed by atoms with Gasteiger partial charge in [0.2, 0.25) is 10.0 Å². The van der Waals surface area contributed by atoms with Gasteiger partial charge in [-0.3, -0.25) is 4.90 Å². The van der Waals surface area contributed by atoms with Crippen LogP contribution in [0.5, 0.6) is 0 Å². The average molecular weight is 355 g/mol. The fraction of sp³-hybridized carbons (Fsp3) is 0.667. The summed E-state index contributed by atoms with van der Waals surface area (Å²) in [5.74, 6) is 0. The largest absolute Gasteiger partial charge is 0.373 e. The van der Waals surface area contributed by atoms with Crippen molar-refractivity contribution < 1.29 is 13.2 Å². The molecule has 1 fully saturated rings. The van der Waals surface area contributed by atoms with Crippen LogP contribution in [-0.2, 0) is 14.8 Å². The Morgan fingerprint density at radius 3 is 2.29 bits per heavy atom. The zero-order chi connectivity index (χ0) is 18.1. The first-order chi connectivity index (χ1) is 11.0. The van der Waals surface area contributed by atoms with E-state index in [1.54, 1.807) is 12.1 Å². The zero-order valence-corrected chi connectivity index (χ0v) is 16.4. The van der Waals surface area contributed by atoms with Gasteiger partial charge in [0.05, 0.1) is 17.1 Å². The van der Waals surface area contributed by atoms with Crippen LogP contribution in [0.1, 0.15) is 38.8 Å². The van der Waals surface area contributed by atoms with Crippen LogP contribution in [0.15, 0.2) is 23.1 Å². The number of aryl methyl sites for hydroxylation is 2. The van der Waals surface area contributed by atoms with Crippen molar-refractivity contribution in [1.82, 2.24) is 9.62 Å². The number of hydrogen-bond donors (Lipinski definition) is 1. The van der Waals surface area contributed by atoms with Crippen molar-refractivity contribution >= 4 is 10.0 Å². The average Bonchev–Trinajstić information content (AvgIpc) is 2.47. The molecule has 2 atom stereocenters. The summed E-state index contributed by atoms with van der Waals surface area (Å²) in [4.78, 5) is 2.62. The van der Waals surface area contributed by atoms with Crippen LogP contribution < -0.4 is 4.72 Å². The molecule has 0 amide bonds. The maximum absolute atomic E-state index is 12.6. The number of ether oxygens (including phenoxy) is 1. The first-order valence-electron chi connectivity index (χ1n) is 8.49. The molecule has 1 aromatic carbocycles. The highest BCUT2D eigenvalue weighted by Gasteiger charge is 2.34. The summed E-state index contributed by atoms with van der Waals surface area (Å²) < 4.78 is 33.7. The first-order valence-corrected chi connectivity index (χ1v) is 9.97. The van der Waals surface area contributed by atoms with Gasteiger partial charge in [-0.15, -0.1) is 0 Å². The topological polar surface area (TPSA) is 58.6 Å². The zero-order valence-electron chi connectivity index (χ0n) is 15.6. The van der Waals surface area contributed by atoms with Crippen molar-refractivity contribution in [3.63, 3.8) is 0 Å². The molecule has 0 saturated carbocycles. The molecule has 1 aliphatic rings. The van der Waals surface area contributed by atoms with Crippen molar-refractivity contribution in [2.45, 2.75) is 64.2 Å². The summed E-state index contributed by atoms with van der Waals surface area (Å²) >= 11 is 0. The van der Waals surface area contributed by atoms with Gasteiger partial charge >= 0.3 is 0 Å². The fourth-order valence-electron chi connectivity index (χ4n) is 3.02. The van der Waals surface area contributed by atoms with Gasteiger partial charge in [0.15, 0.2) is 0 Å². The molecule has 1 heterocycles. The van der Waals surface area contributed by atoms with Crippen LogP contribution in [0.2, 0.25) is 0 Å². The van der Waals surface area contributed by atoms with Crippen molar-refractivity contribution in [2.75, 3.05) is 19.6 Å². The van der Waals surface area contributed by atoms with Crippen LogP contribution in [0, 0.1) is 13.8 Å². The van der Waals surface area contributed by atoms with Crippen LogP contribution in [-0.4, -0.2) is 50.7 Å². The standard InChI is InChI=1S/C18H30N2O3S/c1-13-7-8-17(9-14(13)2)24(21,22)19-12-18(5,6)20-10-15(3)23-16(4)11-20/h7-9,15-16,19H,10-12H2,1-6H3. The number of sulfonamides is 1. The quantitative estimate of drug-likeness (QED) is 0.882. The second kappa shape index (κ2) is 7.12. The molecule has 24 heavy (non-hydrogen) atoms. The summed E-state index contributed by atoms with van der Waals surface area (Å²) in [6, 6.07) is 5.24. The number of rotatable bonds is 5. The van der Waals surface area contributed by atoms with E-state index in [4.69, 9.17) is 4.74 Å². The van der Waals surface area contributed by atoms with Gasteiger partial charge in [0.25, 0.3) is 0 Å². The number of benzene rings is 1. The Balaban J connectivity index is 2.08. The Labute approximate surface area is 146 Å². The highest BCUT2D eigenvalue weighted by Crippen LogP contribution is 2.22. The van der Waals surface area contributed by atoms with Gasteiger partial charge in [0.1, 0.15) is 0 Å². The number of nitrogens with one attached hydrogen (secondary N) is 1. The van der Waals surface area contributed by atoms with Gasteiger partial charge in [-0.05, 0) is 64.8 Å². The minimum absolute atomic E-state index is 0.157. The van der Waals surface area contributed by atoms with Crippen molar-refractivity contribution in [1.29, 1.82) is 0 Å². The minimum Gasteiger partial charge on any atom is -0.373 e. The van der Waals surface area contributed by atoms with Crippen molar-refractivity contribution in [3.05, 3.63) is 29.3 Å². The fourth-order valence-corrected chi connectivity index (χ4v) is 4.31. The lowest BCUT2D eigenvalue weighted by Crippen LogP contribution is -2.58. The first kappa shape index (κ1) is 19.4. The monoisotopic (exact) mass is 354 g/mol. The van der Waals surface area contributed by atoms with Crippen LogP contribution >= 0.6 is 0 Å². The van der Waals surface area contributed by atoms with Gasteiger partial charge in [-0.1, -0.05) is 6.07 Å². The molecule has 1 aromatic rings. The van der Waals surface area contributed by atoms with E-state index in [-0.39, 0.29) is 17.7 Å². The molecule has 6 heteroatoms. The molecular weight excluding hydrogens is 324 g/mol. The molecule has 0 spiro atoms. The van der Waals surface area contributed by atoms with E-state index in [9.17, 15) is 8.42 Å². The lowest BCUT2D eigenvalue weighted by Gasteiger charge is -2.45. The van der Waals surface area contributed by atoms with E-state index in [1.165, 1.54) is 0 Å². The van der Waals surface area contributed by atoms with Crippen LogP contribution in [0.4, 0.5) is 0 Å². The molecule has 1 saturated heterocycles. The van der Waals surface area contributed by atoms with E-state index in [0.29, 0.717) is 11.4 Å². The Morgan fingerprint density at radius 1 is 1.17 bits per heavy atom. The summed E-state index contributed by atoms with van der Waals surface area (Å²) in [6.45, 7) is 14.1. The lowest BCUT2D eigenvalue weighted by molar-refractivity contribution is -0.0945. The summed E-state index contributed by atoms with van der Waals surface area (Å²) in [6.07, 6.45) is 0.314. The lowest BCUT2D eigenvalue weighted by atomic mass is 10.0. The molecule has 1 N–H and O–H groups in total. The van der Waals surface area contributed by atoms with Gasteiger partial charge in [0, 0.05) is 25.2 Å². The van der Waals surface area contributed by atoms with E-state index in [2.05, 4.69) is 37.3 Å². The molecule has 0 aliphatic carbocycles. The molecule has 2 unspecified atom stereocenters. The van der Waals surface area contributed by atoms with E-state index in [0.717, 1.165) is 24.2 Å². The van der Waals surface area contributed by atoms with Crippen molar-refractivity contribution in [3.8, 4) is 0 Å². The second-order valence-electron chi connectivity index (χ2n) is 7.55. The maximum Gasteiger partial charge on any atom is 0.240 e. The predicted molar refractivity (Wildman–Crippen MR) is 96.8 cm³/mol. The van der Waals surface area contributed by atoms with Crippen LogP contribution in [0.3, 0.4) is 0 Å². The smallest absolute Gasteiger partial charge is 0.240 e. The molecule has 0 aromatic heterocycles.